The number of imide groups is 1. The van der Waals surface area contributed by atoms with E-state index in [9.17, 15) is 9.59 Å². The maximum atomic E-state index is 12.3. The molecule has 1 aromatic rings. The second-order valence-electron chi connectivity index (χ2n) is 7.15. The number of fused-ring (bicyclic) bond motifs is 1. The zero-order valence-electron chi connectivity index (χ0n) is 14.5. The van der Waals surface area contributed by atoms with Crippen molar-refractivity contribution in [2.75, 3.05) is 6.54 Å². The molecule has 6 heteroatoms. The van der Waals surface area contributed by atoms with E-state index in [0.717, 1.165) is 0 Å². The number of benzene rings is 1. The van der Waals surface area contributed by atoms with Crippen molar-refractivity contribution in [2.45, 2.75) is 45.3 Å². The molecule has 1 saturated heterocycles. The Labute approximate surface area is 142 Å². The van der Waals surface area contributed by atoms with E-state index in [1.54, 1.807) is 24.3 Å². The largest absolute Gasteiger partial charge is 0.486 e. The smallest absolute Gasteiger partial charge is 0.400 e. The fraction of sp³-hybridized carbons (Fsp3) is 0.444. The Hall–Kier alpha value is -1.92. The second-order valence-corrected chi connectivity index (χ2v) is 7.15. The summed E-state index contributed by atoms with van der Waals surface area (Å²) in [5.41, 5.74) is 0.226. The number of rotatable bonds is 4. The van der Waals surface area contributed by atoms with Crippen LogP contribution in [0.4, 0.5) is 0 Å². The van der Waals surface area contributed by atoms with E-state index in [4.69, 9.17) is 9.31 Å². The van der Waals surface area contributed by atoms with Crippen LogP contribution in [0, 0.1) is 0 Å². The summed E-state index contributed by atoms with van der Waals surface area (Å²) in [5.74, 6) is 1.40. The van der Waals surface area contributed by atoms with Gasteiger partial charge in [0.15, 0.2) is 0 Å². The van der Waals surface area contributed by atoms with Crippen molar-refractivity contribution in [3.8, 4) is 0 Å². The average molecular weight is 327 g/mol. The Morgan fingerprint density at radius 3 is 2.00 bits per heavy atom. The number of carbonyl (C=O) groups is 2. The van der Waals surface area contributed by atoms with Gasteiger partial charge in [-0.05, 0) is 46.2 Å². The van der Waals surface area contributed by atoms with E-state index < -0.39 is 7.12 Å². The molecule has 0 aromatic heterocycles. The van der Waals surface area contributed by atoms with Crippen LogP contribution in [-0.4, -0.2) is 41.6 Å². The summed E-state index contributed by atoms with van der Waals surface area (Å²) in [7, 11) is -0.405. The van der Waals surface area contributed by atoms with Crippen LogP contribution < -0.4 is 0 Å². The lowest BCUT2D eigenvalue weighted by molar-refractivity contribution is 0.00578. The summed E-state index contributed by atoms with van der Waals surface area (Å²) in [5, 5.41) is 0. The zero-order chi connectivity index (χ0) is 17.5. The van der Waals surface area contributed by atoms with E-state index in [-0.39, 0.29) is 23.0 Å². The first-order valence-corrected chi connectivity index (χ1v) is 8.20. The second kappa shape index (κ2) is 5.86. The quantitative estimate of drug-likeness (QED) is 0.630. The molecular formula is C18H22BNO4. The lowest BCUT2D eigenvalue weighted by atomic mass is 9.90. The summed E-state index contributed by atoms with van der Waals surface area (Å²) >= 11 is 0. The van der Waals surface area contributed by atoms with Gasteiger partial charge in [-0.1, -0.05) is 24.2 Å². The van der Waals surface area contributed by atoms with Gasteiger partial charge in [0.2, 0.25) is 0 Å². The van der Waals surface area contributed by atoms with Crippen LogP contribution in [0.1, 0.15) is 54.8 Å². The number of amides is 2. The van der Waals surface area contributed by atoms with E-state index in [1.165, 1.54) is 4.90 Å². The van der Waals surface area contributed by atoms with E-state index >= 15 is 0 Å². The van der Waals surface area contributed by atoms with Gasteiger partial charge in [-0.15, -0.1) is 0 Å². The van der Waals surface area contributed by atoms with Crippen LogP contribution in [0.3, 0.4) is 0 Å². The van der Waals surface area contributed by atoms with Gasteiger partial charge < -0.3 is 9.31 Å². The molecule has 0 bridgehead atoms. The first-order chi connectivity index (χ1) is 11.2. The molecule has 1 fully saturated rings. The normalized spacial score (nSPS) is 21.8. The van der Waals surface area contributed by atoms with Gasteiger partial charge in [-0.2, -0.15) is 0 Å². The first kappa shape index (κ1) is 16.9. The Bertz CT molecular complexity index is 660. The number of carbonyl (C=O) groups excluding carboxylic acids is 2. The van der Waals surface area contributed by atoms with Crippen LogP contribution in [-0.2, 0) is 9.31 Å². The lowest BCUT2D eigenvalue weighted by Crippen LogP contribution is -2.41. The van der Waals surface area contributed by atoms with Gasteiger partial charge in [0.1, 0.15) is 0 Å². The van der Waals surface area contributed by atoms with E-state index in [0.29, 0.717) is 24.1 Å². The molecule has 3 rings (SSSR count). The van der Waals surface area contributed by atoms with Crippen molar-refractivity contribution in [3.05, 3.63) is 47.4 Å². The molecule has 2 amide bonds. The van der Waals surface area contributed by atoms with Crippen molar-refractivity contribution in [3.63, 3.8) is 0 Å². The first-order valence-electron chi connectivity index (χ1n) is 8.20. The van der Waals surface area contributed by atoms with Crippen LogP contribution >= 0.6 is 0 Å². The van der Waals surface area contributed by atoms with Gasteiger partial charge >= 0.3 is 7.12 Å². The van der Waals surface area contributed by atoms with Gasteiger partial charge in [-0.3, -0.25) is 14.5 Å². The summed E-state index contributed by atoms with van der Waals surface area (Å²) in [6, 6.07) is 6.92. The molecule has 0 aliphatic carbocycles. The minimum Gasteiger partial charge on any atom is -0.400 e. The highest BCUT2D eigenvalue weighted by Gasteiger charge is 2.50. The number of nitrogens with zero attached hydrogens (tertiary/aromatic N) is 1. The molecule has 0 N–H and O–H groups in total. The Morgan fingerprint density at radius 2 is 1.50 bits per heavy atom. The summed E-state index contributed by atoms with van der Waals surface area (Å²) in [6.07, 6.45) is 2.46. The van der Waals surface area contributed by atoms with E-state index in [1.807, 2.05) is 39.7 Å². The molecule has 1 aromatic carbocycles. The van der Waals surface area contributed by atoms with Gasteiger partial charge in [0, 0.05) is 6.54 Å². The molecule has 2 aliphatic heterocycles. The van der Waals surface area contributed by atoms with Crippen molar-refractivity contribution in [2.24, 2.45) is 0 Å². The molecule has 2 heterocycles. The van der Waals surface area contributed by atoms with Gasteiger partial charge in [0.05, 0.1) is 22.3 Å². The van der Waals surface area contributed by atoms with Crippen LogP contribution in [0.25, 0.3) is 0 Å². The highest BCUT2D eigenvalue weighted by Crippen LogP contribution is 2.36. The zero-order valence-corrected chi connectivity index (χ0v) is 14.5. The molecule has 2 aliphatic rings. The maximum Gasteiger partial charge on any atom is 0.486 e. The average Bonchev–Trinajstić information content (AvgIpc) is 2.87. The molecule has 0 spiro atoms. The molecule has 0 saturated carbocycles. The van der Waals surface area contributed by atoms with Crippen molar-refractivity contribution < 1.29 is 18.9 Å². The molecule has 0 atom stereocenters. The Kier molecular flexibility index (Phi) is 4.14. The molecule has 5 nitrogen and oxygen atoms in total. The minimum absolute atomic E-state index is 0.223. The molecular weight excluding hydrogens is 305 g/mol. The van der Waals surface area contributed by atoms with Crippen molar-refractivity contribution >= 4 is 18.9 Å². The third-order valence-corrected chi connectivity index (χ3v) is 4.96. The summed E-state index contributed by atoms with van der Waals surface area (Å²) in [6.45, 7) is 8.35. The predicted octanol–water partition coefficient (Wildman–Crippen LogP) is 2.86. The standard InChI is InChI=1S/C18H22BNO4/c1-17(2)18(3,4)24-19(23-17)11-7-8-12-20-15(21)13-9-5-6-10-14(13)16(20)22/h5-7,9-11H,8,12H2,1-4H3/b11-7+. The Balaban J connectivity index is 1.57. The van der Waals surface area contributed by atoms with Crippen LogP contribution in [0.5, 0.6) is 0 Å². The highest BCUT2D eigenvalue weighted by molar-refractivity contribution is 6.51. The Morgan fingerprint density at radius 1 is 1.00 bits per heavy atom. The van der Waals surface area contributed by atoms with Crippen LogP contribution in [0.15, 0.2) is 36.3 Å². The predicted molar refractivity (Wildman–Crippen MR) is 91.6 cm³/mol. The SMILES string of the molecule is CC1(C)OB(/C=C/CCN2C(=O)c3ccccc3C2=O)OC1(C)C. The van der Waals surface area contributed by atoms with Crippen molar-refractivity contribution in [1.82, 2.24) is 4.90 Å². The summed E-state index contributed by atoms with van der Waals surface area (Å²) < 4.78 is 11.7. The summed E-state index contributed by atoms with van der Waals surface area (Å²) in [4.78, 5) is 25.8. The fourth-order valence-electron chi connectivity index (χ4n) is 2.82. The third-order valence-electron chi connectivity index (χ3n) is 4.96. The third kappa shape index (κ3) is 2.80. The minimum atomic E-state index is -0.405. The van der Waals surface area contributed by atoms with Crippen molar-refractivity contribution in [1.29, 1.82) is 0 Å². The highest BCUT2D eigenvalue weighted by atomic mass is 16.7. The topological polar surface area (TPSA) is 55.8 Å². The van der Waals surface area contributed by atoms with Crippen LogP contribution in [0.2, 0.25) is 0 Å². The fourth-order valence-corrected chi connectivity index (χ4v) is 2.82. The molecule has 126 valence electrons. The monoisotopic (exact) mass is 327 g/mol. The van der Waals surface area contributed by atoms with Gasteiger partial charge in [-0.25, -0.2) is 0 Å². The van der Waals surface area contributed by atoms with E-state index in [2.05, 4.69) is 0 Å². The maximum absolute atomic E-state index is 12.3. The molecule has 0 unspecified atom stereocenters. The number of hydrogen-bond acceptors (Lipinski definition) is 4. The molecule has 0 radical (unpaired) electrons. The van der Waals surface area contributed by atoms with Gasteiger partial charge in [0.25, 0.3) is 11.8 Å². The lowest BCUT2D eigenvalue weighted by Gasteiger charge is -2.32. The molecule has 24 heavy (non-hydrogen) atoms. The number of hydrogen-bond donors (Lipinski definition) is 0.